The van der Waals surface area contributed by atoms with Gasteiger partial charge in [-0.1, -0.05) is 23.9 Å². The second-order valence-corrected chi connectivity index (χ2v) is 7.14. The standard InChI is InChI=1S/C20H15FN6OS/c1-27-19(12-6-8-13(21)9-7-12)25-26-20(27)29-11-17(28)14(10-22)18-23-15-4-2-3-5-16(15)24-18/h2-9,28H,11H2,1H3,(H,23,24)/b17-14-. The Hall–Kier alpha value is -3.64. The number of fused-ring (bicyclic) bond motifs is 1. The Labute approximate surface area is 169 Å². The molecule has 4 rings (SSSR count). The van der Waals surface area contributed by atoms with E-state index in [2.05, 4.69) is 20.2 Å². The van der Waals surface area contributed by atoms with Crippen LogP contribution in [0.1, 0.15) is 5.82 Å². The number of nitrogens with zero attached hydrogens (tertiary/aromatic N) is 5. The van der Waals surface area contributed by atoms with Crippen molar-refractivity contribution in [1.82, 2.24) is 24.7 Å². The third kappa shape index (κ3) is 3.70. The Kier molecular flexibility index (Phi) is 5.01. The molecule has 0 aliphatic heterocycles. The van der Waals surface area contributed by atoms with Gasteiger partial charge in [0.1, 0.15) is 23.2 Å². The zero-order valence-corrected chi connectivity index (χ0v) is 16.1. The minimum absolute atomic E-state index is 0.0784. The molecule has 2 aromatic heterocycles. The van der Waals surface area contributed by atoms with Gasteiger partial charge in [-0.3, -0.25) is 0 Å². The fraction of sp³-hybridized carbons (Fsp3) is 0.100. The molecule has 0 unspecified atom stereocenters. The van der Waals surface area contributed by atoms with E-state index in [9.17, 15) is 14.8 Å². The summed E-state index contributed by atoms with van der Waals surface area (Å²) in [6.07, 6.45) is 0. The van der Waals surface area contributed by atoms with E-state index in [4.69, 9.17) is 0 Å². The molecule has 2 aromatic carbocycles. The number of halogens is 1. The predicted octanol–water partition coefficient (Wildman–Crippen LogP) is 4.08. The number of nitrogens with one attached hydrogen (secondary N) is 1. The van der Waals surface area contributed by atoms with E-state index in [1.165, 1.54) is 23.9 Å². The Morgan fingerprint density at radius 1 is 1.21 bits per heavy atom. The lowest BCUT2D eigenvalue weighted by atomic mass is 10.2. The van der Waals surface area contributed by atoms with Crippen molar-refractivity contribution in [2.75, 3.05) is 5.75 Å². The fourth-order valence-corrected chi connectivity index (χ4v) is 3.61. The molecule has 2 heterocycles. The SMILES string of the molecule is Cn1c(SC/C(O)=C(\C#N)c2nc3ccccc3[nH]2)nnc1-c1ccc(F)cc1. The average Bonchev–Trinajstić information content (AvgIpc) is 3.31. The number of hydrogen-bond acceptors (Lipinski definition) is 6. The number of thioether (sulfide) groups is 1. The number of H-pyrrole nitrogens is 1. The summed E-state index contributed by atoms with van der Waals surface area (Å²) in [7, 11) is 1.78. The van der Waals surface area contributed by atoms with Crippen molar-refractivity contribution in [2.45, 2.75) is 5.16 Å². The number of aromatic nitrogens is 5. The Morgan fingerprint density at radius 2 is 1.97 bits per heavy atom. The molecule has 0 atom stereocenters. The summed E-state index contributed by atoms with van der Waals surface area (Å²) in [6.45, 7) is 0. The topological polar surface area (TPSA) is 103 Å². The first-order valence-corrected chi connectivity index (χ1v) is 9.61. The van der Waals surface area contributed by atoms with E-state index in [1.807, 2.05) is 30.3 Å². The summed E-state index contributed by atoms with van der Waals surface area (Å²) in [6, 6.07) is 15.4. The van der Waals surface area contributed by atoms with Crippen LogP contribution < -0.4 is 0 Å². The molecule has 0 saturated heterocycles. The highest BCUT2D eigenvalue weighted by molar-refractivity contribution is 7.99. The highest BCUT2D eigenvalue weighted by Crippen LogP contribution is 2.26. The molecule has 0 saturated carbocycles. The lowest BCUT2D eigenvalue weighted by Crippen LogP contribution is -1.98. The lowest BCUT2D eigenvalue weighted by Gasteiger charge is -2.05. The second-order valence-electron chi connectivity index (χ2n) is 6.20. The molecule has 4 aromatic rings. The molecule has 0 aliphatic rings. The van der Waals surface area contributed by atoms with E-state index < -0.39 is 0 Å². The van der Waals surface area contributed by atoms with Crippen molar-refractivity contribution < 1.29 is 9.50 Å². The number of hydrogen-bond donors (Lipinski definition) is 2. The maximum Gasteiger partial charge on any atom is 0.191 e. The minimum Gasteiger partial charge on any atom is -0.510 e. The normalized spacial score (nSPS) is 12.0. The Morgan fingerprint density at radius 3 is 2.69 bits per heavy atom. The molecule has 29 heavy (non-hydrogen) atoms. The molecule has 0 amide bonds. The van der Waals surface area contributed by atoms with Crippen LogP contribution in [-0.4, -0.2) is 35.6 Å². The van der Waals surface area contributed by atoms with Gasteiger partial charge in [-0.15, -0.1) is 10.2 Å². The average molecular weight is 406 g/mol. The van der Waals surface area contributed by atoms with Gasteiger partial charge in [0.25, 0.3) is 0 Å². The molecule has 0 aliphatic carbocycles. The van der Waals surface area contributed by atoms with Crippen LogP contribution in [0.4, 0.5) is 4.39 Å². The van der Waals surface area contributed by atoms with E-state index in [0.29, 0.717) is 22.3 Å². The van der Waals surface area contributed by atoms with Gasteiger partial charge in [-0.2, -0.15) is 5.26 Å². The van der Waals surface area contributed by atoms with Crippen molar-refractivity contribution in [3.8, 4) is 17.5 Å². The van der Waals surface area contributed by atoms with Gasteiger partial charge >= 0.3 is 0 Å². The number of aromatic amines is 1. The number of para-hydroxylation sites is 2. The van der Waals surface area contributed by atoms with E-state index in [-0.39, 0.29) is 22.9 Å². The first kappa shape index (κ1) is 18.7. The van der Waals surface area contributed by atoms with Crippen molar-refractivity contribution in [3.05, 3.63) is 65.9 Å². The molecular formula is C20H15FN6OS. The maximum absolute atomic E-state index is 13.1. The van der Waals surface area contributed by atoms with Crippen molar-refractivity contribution >= 4 is 28.4 Å². The highest BCUT2D eigenvalue weighted by atomic mass is 32.2. The second kappa shape index (κ2) is 7.77. The third-order valence-electron chi connectivity index (χ3n) is 4.30. The molecular weight excluding hydrogens is 391 g/mol. The number of aliphatic hydroxyl groups excluding tert-OH is 1. The van der Waals surface area contributed by atoms with Gasteiger partial charge in [0.2, 0.25) is 0 Å². The molecule has 7 nitrogen and oxygen atoms in total. The van der Waals surface area contributed by atoms with Crippen LogP contribution in [0.5, 0.6) is 0 Å². The summed E-state index contributed by atoms with van der Waals surface area (Å²) < 4.78 is 14.9. The van der Waals surface area contributed by atoms with Crippen molar-refractivity contribution in [1.29, 1.82) is 5.26 Å². The zero-order chi connectivity index (χ0) is 20.4. The lowest BCUT2D eigenvalue weighted by molar-refractivity contribution is 0.420. The monoisotopic (exact) mass is 406 g/mol. The van der Waals surface area contributed by atoms with E-state index >= 15 is 0 Å². The number of imidazole rings is 1. The van der Waals surface area contributed by atoms with Crippen LogP contribution in [0, 0.1) is 17.1 Å². The van der Waals surface area contributed by atoms with E-state index in [1.54, 1.807) is 23.7 Å². The molecule has 9 heteroatoms. The van der Waals surface area contributed by atoms with Gasteiger partial charge in [0.05, 0.1) is 16.8 Å². The van der Waals surface area contributed by atoms with Gasteiger partial charge in [0, 0.05) is 12.6 Å². The third-order valence-corrected chi connectivity index (χ3v) is 5.33. The largest absolute Gasteiger partial charge is 0.510 e. The minimum atomic E-state index is -0.324. The van der Waals surface area contributed by atoms with Crippen LogP contribution in [-0.2, 0) is 7.05 Å². The van der Waals surface area contributed by atoms with Crippen LogP contribution in [0.15, 0.2) is 59.4 Å². The summed E-state index contributed by atoms with van der Waals surface area (Å²) >= 11 is 1.23. The highest BCUT2D eigenvalue weighted by Gasteiger charge is 2.16. The molecule has 0 bridgehead atoms. The molecule has 0 spiro atoms. The predicted molar refractivity (Wildman–Crippen MR) is 108 cm³/mol. The maximum atomic E-state index is 13.1. The number of aliphatic hydroxyl groups is 1. The smallest absolute Gasteiger partial charge is 0.191 e. The van der Waals surface area contributed by atoms with Gasteiger partial charge < -0.3 is 14.7 Å². The van der Waals surface area contributed by atoms with Crippen LogP contribution in [0.2, 0.25) is 0 Å². The fourth-order valence-electron chi connectivity index (χ4n) is 2.82. The Bertz CT molecular complexity index is 1220. The number of benzene rings is 2. The number of allylic oxidation sites excluding steroid dienone is 1. The van der Waals surface area contributed by atoms with Crippen molar-refractivity contribution in [2.24, 2.45) is 7.05 Å². The molecule has 144 valence electrons. The van der Waals surface area contributed by atoms with E-state index in [0.717, 1.165) is 11.1 Å². The van der Waals surface area contributed by atoms with Crippen LogP contribution in [0.25, 0.3) is 28.0 Å². The van der Waals surface area contributed by atoms with Crippen molar-refractivity contribution in [3.63, 3.8) is 0 Å². The first-order valence-electron chi connectivity index (χ1n) is 8.62. The Balaban J connectivity index is 1.56. The van der Waals surface area contributed by atoms with Gasteiger partial charge in [-0.05, 0) is 36.4 Å². The van der Waals surface area contributed by atoms with Crippen LogP contribution in [0.3, 0.4) is 0 Å². The zero-order valence-electron chi connectivity index (χ0n) is 15.3. The van der Waals surface area contributed by atoms with Gasteiger partial charge in [0.15, 0.2) is 16.8 Å². The number of rotatable bonds is 5. The van der Waals surface area contributed by atoms with Gasteiger partial charge in [-0.25, -0.2) is 9.37 Å². The van der Waals surface area contributed by atoms with Crippen LogP contribution >= 0.6 is 11.8 Å². The quantitative estimate of drug-likeness (QED) is 0.294. The summed E-state index contributed by atoms with van der Waals surface area (Å²) in [5.74, 6) is 0.582. The summed E-state index contributed by atoms with van der Waals surface area (Å²) in [5.41, 5.74) is 2.31. The molecule has 0 fully saturated rings. The summed E-state index contributed by atoms with van der Waals surface area (Å²) in [4.78, 5) is 7.40. The molecule has 2 N–H and O–H groups in total. The molecule has 0 radical (unpaired) electrons. The summed E-state index contributed by atoms with van der Waals surface area (Å²) in [5, 5.41) is 28.8. The number of nitriles is 1. The first-order chi connectivity index (χ1) is 14.1.